The summed E-state index contributed by atoms with van der Waals surface area (Å²) >= 11 is 0. The number of nitrogens with zero attached hydrogens (tertiary/aromatic N) is 1. The summed E-state index contributed by atoms with van der Waals surface area (Å²) in [4.78, 5) is 23.8. The maximum absolute atomic E-state index is 11.9. The normalized spacial score (nSPS) is 11.5. The average Bonchev–Trinajstić information content (AvgIpc) is 2.76. The van der Waals surface area contributed by atoms with E-state index in [1.165, 1.54) is 0 Å². The molecule has 0 amide bonds. The molecule has 0 aliphatic heterocycles. The van der Waals surface area contributed by atoms with Crippen LogP contribution in [0.5, 0.6) is 0 Å². The molecule has 0 aliphatic rings. The fourth-order valence-electron chi connectivity index (χ4n) is 1.21. The molecule has 0 spiro atoms. The van der Waals surface area contributed by atoms with Gasteiger partial charge in [-0.15, -0.1) is 0 Å². The van der Waals surface area contributed by atoms with Crippen LogP contribution >= 0.6 is 0 Å². The molecular weight excluding hydrogens is 264 g/mol. The van der Waals surface area contributed by atoms with Crippen molar-refractivity contribution in [2.24, 2.45) is 0 Å². The number of sulfonamides is 1. The van der Waals surface area contributed by atoms with Gasteiger partial charge in [-0.25, -0.2) is 13.2 Å². The summed E-state index contributed by atoms with van der Waals surface area (Å²) in [6.45, 7) is -0.666. The number of hydrogen-bond donors (Lipinski definition) is 2. The monoisotopic (exact) mass is 276 g/mol. The van der Waals surface area contributed by atoms with Gasteiger partial charge in [0, 0.05) is 13.2 Å². The van der Waals surface area contributed by atoms with E-state index in [9.17, 15) is 18.0 Å². The Balaban J connectivity index is 3.02. The quantitative estimate of drug-likeness (QED) is 0.701. The molecule has 0 unspecified atom stereocenters. The number of likely N-dealkylation sites (N-methyl/N-ethyl adjacent to an activating group) is 1. The van der Waals surface area contributed by atoms with E-state index in [4.69, 9.17) is 5.11 Å². The molecule has 18 heavy (non-hydrogen) atoms. The van der Waals surface area contributed by atoms with Gasteiger partial charge in [-0.1, -0.05) is 0 Å². The topological polar surface area (TPSA) is 117 Å². The largest absolute Gasteiger partial charge is 0.480 e. The lowest BCUT2D eigenvalue weighted by atomic mass is 10.4. The Bertz CT molecular complexity index is 561. The smallest absolute Gasteiger partial charge is 0.354 e. The van der Waals surface area contributed by atoms with E-state index in [0.717, 1.165) is 26.4 Å². The van der Waals surface area contributed by atoms with Gasteiger partial charge < -0.3 is 14.8 Å². The SMILES string of the molecule is COC(=O)c1cc(S(=O)(=O)N(C)CC(=O)O)c[nH]1. The molecule has 0 bridgehead atoms. The maximum atomic E-state index is 11.9. The summed E-state index contributed by atoms with van der Waals surface area (Å²) in [6.07, 6.45) is 1.10. The van der Waals surface area contributed by atoms with E-state index in [2.05, 4.69) is 9.72 Å². The molecule has 2 N–H and O–H groups in total. The second kappa shape index (κ2) is 5.19. The van der Waals surface area contributed by atoms with Gasteiger partial charge in [-0.05, 0) is 6.07 Å². The Labute approximate surface area is 103 Å². The van der Waals surface area contributed by atoms with Crippen LogP contribution < -0.4 is 0 Å². The van der Waals surface area contributed by atoms with Gasteiger partial charge in [-0.2, -0.15) is 4.31 Å². The molecule has 8 nitrogen and oxygen atoms in total. The van der Waals surface area contributed by atoms with Gasteiger partial charge in [0.25, 0.3) is 0 Å². The van der Waals surface area contributed by atoms with Crippen molar-refractivity contribution in [2.45, 2.75) is 4.90 Å². The van der Waals surface area contributed by atoms with Crippen molar-refractivity contribution in [2.75, 3.05) is 20.7 Å². The first-order valence-corrected chi connectivity index (χ1v) is 6.18. The summed E-state index contributed by atoms with van der Waals surface area (Å²) in [7, 11) is -1.65. The zero-order valence-electron chi connectivity index (χ0n) is 9.71. The maximum Gasteiger partial charge on any atom is 0.354 e. The number of aliphatic carboxylic acids is 1. The number of H-pyrrole nitrogens is 1. The fourth-order valence-corrected chi connectivity index (χ4v) is 2.32. The van der Waals surface area contributed by atoms with Crippen LogP contribution in [-0.2, 0) is 19.6 Å². The zero-order valence-corrected chi connectivity index (χ0v) is 10.5. The Hall–Kier alpha value is -1.87. The van der Waals surface area contributed by atoms with E-state index < -0.39 is 28.5 Å². The van der Waals surface area contributed by atoms with Gasteiger partial charge in [-0.3, -0.25) is 4.79 Å². The minimum absolute atomic E-state index is 0.0280. The summed E-state index contributed by atoms with van der Waals surface area (Å²) in [5.74, 6) is -1.98. The standard InChI is InChI=1S/C9H12N2O6S/c1-11(5-8(12)13)18(15,16)6-3-7(10-4-6)9(14)17-2/h3-4,10H,5H2,1-2H3,(H,12,13). The molecular formula is C9H12N2O6S. The number of nitrogens with one attached hydrogen (secondary N) is 1. The number of rotatable bonds is 5. The third-order valence-corrected chi connectivity index (χ3v) is 3.91. The Morgan fingerprint density at radius 3 is 2.61 bits per heavy atom. The van der Waals surface area contributed by atoms with Gasteiger partial charge in [0.05, 0.1) is 7.11 Å². The number of carboxylic acid groups (broad SMARTS) is 1. The minimum atomic E-state index is -3.94. The van der Waals surface area contributed by atoms with Crippen LogP contribution in [-0.4, -0.2) is 55.5 Å². The Morgan fingerprint density at radius 1 is 1.50 bits per heavy atom. The van der Waals surface area contributed by atoms with Crippen LogP contribution in [0.4, 0.5) is 0 Å². The highest BCUT2D eigenvalue weighted by Gasteiger charge is 2.25. The molecule has 1 aromatic heterocycles. The summed E-state index contributed by atoms with van der Waals surface area (Å²) in [6, 6.07) is 1.08. The second-order valence-corrected chi connectivity index (χ2v) is 5.44. The third-order valence-electron chi connectivity index (χ3n) is 2.13. The molecule has 9 heteroatoms. The number of aromatic nitrogens is 1. The van der Waals surface area contributed by atoms with Crippen LogP contribution in [0.2, 0.25) is 0 Å². The number of carbonyl (C=O) groups excluding carboxylic acids is 1. The number of methoxy groups -OCH3 is 1. The molecule has 0 aromatic carbocycles. The highest BCUT2D eigenvalue weighted by Crippen LogP contribution is 2.15. The molecule has 1 aromatic rings. The van der Waals surface area contributed by atoms with Crippen LogP contribution in [0.3, 0.4) is 0 Å². The van der Waals surface area contributed by atoms with E-state index >= 15 is 0 Å². The van der Waals surface area contributed by atoms with Crippen molar-refractivity contribution in [1.82, 2.24) is 9.29 Å². The van der Waals surface area contributed by atoms with Gasteiger partial charge >= 0.3 is 11.9 Å². The van der Waals surface area contributed by atoms with Crippen molar-refractivity contribution in [1.29, 1.82) is 0 Å². The molecule has 0 fully saturated rings. The van der Waals surface area contributed by atoms with E-state index in [0.29, 0.717) is 4.31 Å². The molecule has 1 heterocycles. The third kappa shape index (κ3) is 2.87. The average molecular weight is 276 g/mol. The molecule has 0 atom stereocenters. The minimum Gasteiger partial charge on any atom is -0.480 e. The first-order chi connectivity index (χ1) is 8.28. The van der Waals surface area contributed by atoms with Crippen LogP contribution in [0.25, 0.3) is 0 Å². The van der Waals surface area contributed by atoms with Crippen molar-refractivity contribution in [3.63, 3.8) is 0 Å². The highest BCUT2D eigenvalue weighted by atomic mass is 32.2. The zero-order chi connectivity index (χ0) is 13.9. The van der Waals surface area contributed by atoms with Crippen LogP contribution in [0.15, 0.2) is 17.2 Å². The molecule has 0 aliphatic carbocycles. The molecule has 1 rings (SSSR count). The first-order valence-electron chi connectivity index (χ1n) is 4.74. The van der Waals surface area contributed by atoms with Crippen molar-refractivity contribution in [3.05, 3.63) is 18.0 Å². The number of ether oxygens (including phenoxy) is 1. The summed E-state index contributed by atoms with van der Waals surface area (Å²) in [5.41, 5.74) is -0.0280. The van der Waals surface area contributed by atoms with Crippen LogP contribution in [0.1, 0.15) is 10.5 Å². The number of aromatic amines is 1. The second-order valence-electron chi connectivity index (χ2n) is 3.40. The first kappa shape index (κ1) is 14.2. The molecule has 0 saturated heterocycles. The molecule has 0 saturated carbocycles. The van der Waals surface area contributed by atoms with E-state index in [1.54, 1.807) is 0 Å². The Kier molecular flexibility index (Phi) is 4.09. The number of carbonyl (C=O) groups is 2. The summed E-state index contributed by atoms with van der Waals surface area (Å²) < 4.78 is 28.8. The highest BCUT2D eigenvalue weighted by molar-refractivity contribution is 7.89. The molecule has 0 radical (unpaired) electrons. The Morgan fingerprint density at radius 2 is 2.11 bits per heavy atom. The predicted molar refractivity (Wildman–Crippen MR) is 59.6 cm³/mol. The lowest BCUT2D eigenvalue weighted by Gasteiger charge is -2.13. The van der Waals surface area contributed by atoms with Gasteiger partial charge in [0.1, 0.15) is 17.1 Å². The van der Waals surface area contributed by atoms with Crippen LogP contribution in [0, 0.1) is 0 Å². The number of carboxylic acids is 1. The van der Waals surface area contributed by atoms with E-state index in [1.807, 2.05) is 0 Å². The summed E-state index contributed by atoms with van der Waals surface area (Å²) in [5, 5.41) is 8.54. The van der Waals surface area contributed by atoms with Crippen molar-refractivity contribution >= 4 is 22.0 Å². The van der Waals surface area contributed by atoms with E-state index in [-0.39, 0.29) is 10.6 Å². The molecule has 100 valence electrons. The lowest BCUT2D eigenvalue weighted by molar-refractivity contribution is -0.137. The predicted octanol–water partition coefficient (Wildman–Crippen LogP) is -0.494. The lowest BCUT2D eigenvalue weighted by Crippen LogP contribution is -2.31. The van der Waals surface area contributed by atoms with Gasteiger partial charge in [0.2, 0.25) is 10.0 Å². The van der Waals surface area contributed by atoms with Crippen molar-refractivity contribution < 1.29 is 27.9 Å². The van der Waals surface area contributed by atoms with Gasteiger partial charge in [0.15, 0.2) is 0 Å². The number of hydrogen-bond acceptors (Lipinski definition) is 5. The number of esters is 1. The fraction of sp³-hybridized carbons (Fsp3) is 0.333. The van der Waals surface area contributed by atoms with Crippen molar-refractivity contribution in [3.8, 4) is 0 Å².